The average molecular weight is 214 g/mol. The van der Waals surface area contributed by atoms with Crippen molar-refractivity contribution in [1.82, 2.24) is 0 Å². The normalized spacial score (nSPS) is 10.9. The van der Waals surface area contributed by atoms with Crippen molar-refractivity contribution < 1.29 is 13.3 Å². The summed E-state index contributed by atoms with van der Waals surface area (Å²) in [5.41, 5.74) is 0. The predicted octanol–water partition coefficient (Wildman–Crippen LogP) is 1.25. The van der Waals surface area contributed by atoms with Crippen molar-refractivity contribution in [2.45, 2.75) is 11.8 Å². The van der Waals surface area contributed by atoms with E-state index in [1.807, 2.05) is 0 Å². The maximum Gasteiger partial charge on any atom is 0.132 e. The van der Waals surface area contributed by atoms with Crippen LogP contribution in [0.25, 0.3) is 0 Å². The lowest BCUT2D eigenvalue weighted by molar-refractivity contribution is -0.445. The second-order valence-corrected chi connectivity index (χ2v) is 4.66. The monoisotopic (exact) mass is 214 g/mol. The lowest BCUT2D eigenvalue weighted by atomic mass is 10.4. The van der Waals surface area contributed by atoms with Gasteiger partial charge in [0.2, 0.25) is 0 Å². The van der Waals surface area contributed by atoms with Crippen molar-refractivity contribution in [2.75, 3.05) is 0 Å². The Balaban J connectivity index is 3.16. The zero-order valence-electron chi connectivity index (χ0n) is 7.38. The molecule has 0 heterocycles. The van der Waals surface area contributed by atoms with Crippen molar-refractivity contribution in [3.05, 3.63) is 45.8 Å². The van der Waals surface area contributed by atoms with E-state index in [0.717, 1.165) is 6.92 Å². The topological polar surface area (TPSA) is 77.3 Å². The molecule has 0 saturated heterocycles. The zero-order valence-corrected chi connectivity index (χ0v) is 8.19. The lowest BCUT2D eigenvalue weighted by Crippen LogP contribution is -2.18. The van der Waals surface area contributed by atoms with Gasteiger partial charge in [-0.1, -0.05) is 30.0 Å². The van der Waals surface area contributed by atoms with Crippen LogP contribution in [0.2, 0.25) is 0 Å². The smallest absolute Gasteiger partial charge is 0.132 e. The third kappa shape index (κ3) is 1.85. The van der Waals surface area contributed by atoms with Gasteiger partial charge >= 0.3 is 0 Å². The van der Waals surface area contributed by atoms with Crippen LogP contribution in [0.1, 0.15) is 6.92 Å². The number of nitrogens with zero attached hydrogens (tertiary/aromatic N) is 1. The Morgan fingerprint density at radius 2 is 1.79 bits per heavy atom. The van der Waals surface area contributed by atoms with Crippen molar-refractivity contribution >= 4 is 9.84 Å². The number of hydrogen-bond donors (Lipinski definition) is 0. The predicted molar refractivity (Wildman–Crippen MR) is 49.5 cm³/mol. The standard InChI is InChI=1S/C8H8NO4S/c1-7(9(10)11)14(12,13)8-5-3-2-4-6-8/h2-6H,1H3/q-1. The van der Waals surface area contributed by atoms with E-state index in [2.05, 4.69) is 0 Å². The largest absolute Gasteiger partial charge is 0.294 e. The molecule has 0 bridgehead atoms. The molecular weight excluding hydrogens is 206 g/mol. The molecule has 1 rings (SSSR count). The van der Waals surface area contributed by atoms with E-state index >= 15 is 0 Å². The summed E-state index contributed by atoms with van der Waals surface area (Å²) in [6, 6.07) is 7.31. The Bertz CT molecular complexity index is 426. The summed E-state index contributed by atoms with van der Waals surface area (Å²) < 4.78 is 23.0. The summed E-state index contributed by atoms with van der Waals surface area (Å²) in [5.74, 6) is 0. The van der Waals surface area contributed by atoms with E-state index < -0.39 is 20.1 Å². The molecule has 0 saturated carbocycles. The molecule has 6 heteroatoms. The molecule has 14 heavy (non-hydrogen) atoms. The van der Waals surface area contributed by atoms with Gasteiger partial charge in [-0.2, -0.15) is 0 Å². The van der Waals surface area contributed by atoms with Crippen LogP contribution in [-0.2, 0) is 9.84 Å². The van der Waals surface area contributed by atoms with Gasteiger partial charge in [-0.3, -0.25) is 10.1 Å². The minimum absolute atomic E-state index is 0.0609. The highest BCUT2D eigenvalue weighted by atomic mass is 32.2. The van der Waals surface area contributed by atoms with E-state index in [4.69, 9.17) is 0 Å². The van der Waals surface area contributed by atoms with E-state index in [1.165, 1.54) is 24.3 Å². The maximum absolute atomic E-state index is 11.5. The molecule has 0 aliphatic carbocycles. The van der Waals surface area contributed by atoms with Crippen LogP contribution >= 0.6 is 0 Å². The number of benzene rings is 1. The van der Waals surface area contributed by atoms with Crippen molar-refractivity contribution in [1.29, 1.82) is 0 Å². The van der Waals surface area contributed by atoms with Crippen LogP contribution in [0, 0.1) is 15.5 Å². The van der Waals surface area contributed by atoms with E-state index in [9.17, 15) is 18.5 Å². The van der Waals surface area contributed by atoms with Gasteiger partial charge in [0, 0.05) is 4.90 Å². The maximum atomic E-state index is 11.5. The second-order valence-electron chi connectivity index (χ2n) is 2.59. The first-order valence-corrected chi connectivity index (χ1v) is 5.22. The molecule has 1 aromatic carbocycles. The second kappa shape index (κ2) is 3.67. The zero-order chi connectivity index (χ0) is 10.8. The third-order valence-corrected chi connectivity index (χ3v) is 3.52. The summed E-state index contributed by atoms with van der Waals surface area (Å²) in [6.45, 7) is 0.975. The van der Waals surface area contributed by atoms with Gasteiger partial charge < -0.3 is 0 Å². The van der Waals surface area contributed by atoms with E-state index in [0.29, 0.717) is 0 Å². The highest BCUT2D eigenvalue weighted by molar-refractivity contribution is 7.94. The minimum atomic E-state index is -3.92. The molecule has 0 fully saturated rings. The van der Waals surface area contributed by atoms with Crippen molar-refractivity contribution in [3.63, 3.8) is 0 Å². The van der Waals surface area contributed by atoms with Crippen molar-refractivity contribution in [2.24, 2.45) is 0 Å². The SMILES string of the molecule is C[C-]([N+](=O)[O-])S(=O)(=O)c1ccccc1. The molecule has 0 aliphatic heterocycles. The van der Waals surface area contributed by atoms with Gasteiger partial charge in [0.15, 0.2) is 0 Å². The average Bonchev–Trinajstić information content (AvgIpc) is 2.18. The highest BCUT2D eigenvalue weighted by Crippen LogP contribution is 2.20. The molecule has 1 aromatic rings. The Hall–Kier alpha value is -1.56. The fraction of sp³-hybridized carbons (Fsp3) is 0.125. The fourth-order valence-corrected chi connectivity index (χ4v) is 1.92. The molecule has 0 aliphatic rings. The molecule has 0 atom stereocenters. The van der Waals surface area contributed by atoms with Crippen molar-refractivity contribution in [3.8, 4) is 0 Å². The van der Waals surface area contributed by atoms with Gasteiger partial charge in [0.1, 0.15) is 9.84 Å². The van der Waals surface area contributed by atoms with Gasteiger partial charge in [0.25, 0.3) is 0 Å². The quantitative estimate of drug-likeness (QED) is 0.431. The minimum Gasteiger partial charge on any atom is -0.294 e. The van der Waals surface area contributed by atoms with Crippen LogP contribution < -0.4 is 0 Å². The van der Waals surface area contributed by atoms with Crippen LogP contribution in [0.3, 0.4) is 0 Å². The fourth-order valence-electron chi connectivity index (χ4n) is 0.868. The number of nitro groups is 1. The third-order valence-electron chi connectivity index (χ3n) is 1.70. The molecule has 5 nitrogen and oxygen atoms in total. The number of hydrogen-bond acceptors (Lipinski definition) is 4. The lowest BCUT2D eigenvalue weighted by Gasteiger charge is -2.16. The molecule has 0 unspecified atom stereocenters. The first kappa shape index (κ1) is 10.5. The van der Waals surface area contributed by atoms with Crippen LogP contribution in [0.15, 0.2) is 35.2 Å². The Kier molecular flexibility index (Phi) is 2.76. The Labute approximate surface area is 81.4 Å². The Morgan fingerprint density at radius 3 is 2.21 bits per heavy atom. The highest BCUT2D eigenvalue weighted by Gasteiger charge is 2.19. The summed E-state index contributed by atoms with van der Waals surface area (Å²) in [6.07, 6.45) is 0. The first-order valence-electron chi connectivity index (χ1n) is 3.74. The number of sulfone groups is 1. The molecule has 0 amide bonds. The van der Waals surface area contributed by atoms with Crippen LogP contribution in [-0.4, -0.2) is 13.3 Å². The summed E-state index contributed by atoms with van der Waals surface area (Å²) in [7, 11) is -3.92. The Morgan fingerprint density at radius 1 is 1.29 bits per heavy atom. The first-order chi connectivity index (χ1) is 6.46. The molecule has 0 aromatic heterocycles. The van der Waals surface area contributed by atoms with Crippen LogP contribution in [0.5, 0.6) is 0 Å². The molecule has 0 N–H and O–H groups in total. The summed E-state index contributed by atoms with van der Waals surface area (Å²) >= 11 is 0. The van der Waals surface area contributed by atoms with Gasteiger partial charge in [-0.25, -0.2) is 8.42 Å². The number of rotatable bonds is 3. The molecular formula is C8H8NO4S-. The molecule has 0 spiro atoms. The van der Waals surface area contributed by atoms with Gasteiger partial charge in [-0.05, 0) is 12.1 Å². The van der Waals surface area contributed by atoms with E-state index in [-0.39, 0.29) is 4.90 Å². The van der Waals surface area contributed by atoms with E-state index in [1.54, 1.807) is 6.07 Å². The van der Waals surface area contributed by atoms with Gasteiger partial charge in [-0.15, -0.1) is 0 Å². The summed E-state index contributed by atoms with van der Waals surface area (Å²) in [5, 5.41) is 9.55. The van der Waals surface area contributed by atoms with Gasteiger partial charge in [0.05, 0.1) is 5.37 Å². The molecule has 76 valence electrons. The molecule has 0 radical (unpaired) electrons. The van der Waals surface area contributed by atoms with Crippen LogP contribution in [0.4, 0.5) is 0 Å². The summed E-state index contributed by atoms with van der Waals surface area (Å²) in [4.78, 5) is 9.35.